The van der Waals surface area contributed by atoms with E-state index in [0.717, 1.165) is 12.1 Å². The molecule has 0 unspecified atom stereocenters. The van der Waals surface area contributed by atoms with Crippen molar-refractivity contribution in [2.75, 3.05) is 19.0 Å². The molecule has 298 valence electrons. The number of amides is 1. The Bertz CT molecular complexity index is 2690. The number of hydrogen-bond donors (Lipinski definition) is 6. The molecule has 3 aliphatic rings. The molecule has 0 saturated heterocycles. The van der Waals surface area contributed by atoms with Gasteiger partial charge in [-0.15, -0.1) is 0 Å². The normalized spacial score (nSPS) is 21.6. The van der Waals surface area contributed by atoms with Crippen molar-refractivity contribution in [2.45, 2.75) is 45.5 Å². The molecule has 0 saturated carbocycles. The van der Waals surface area contributed by atoms with Gasteiger partial charge in [0.2, 0.25) is 17.3 Å². The van der Waals surface area contributed by atoms with Crippen molar-refractivity contribution in [1.82, 2.24) is 10.3 Å². The molecule has 0 spiro atoms. The van der Waals surface area contributed by atoms with Crippen LogP contribution in [0.5, 0.6) is 23.0 Å². The van der Waals surface area contributed by atoms with Crippen LogP contribution in [0.2, 0.25) is 0 Å². The van der Waals surface area contributed by atoms with Gasteiger partial charge in [-0.05, 0) is 62.2 Å². The van der Waals surface area contributed by atoms with Crippen molar-refractivity contribution in [1.29, 1.82) is 0 Å². The number of methoxy groups -OCH3 is 1. The Hall–Kier alpha value is -7.34. The molecular weight excluding hydrogens is 762 g/mol. The van der Waals surface area contributed by atoms with Crippen molar-refractivity contribution < 1.29 is 67.8 Å². The Balaban J connectivity index is 1.24. The van der Waals surface area contributed by atoms with Crippen LogP contribution in [0.4, 0.5) is 5.69 Å². The molecule has 2 aromatic carbocycles. The molecule has 2 aromatic heterocycles. The number of hydrogen-bond acceptors (Lipinski definition) is 17. The topological polar surface area (TPSA) is 278 Å². The van der Waals surface area contributed by atoms with Gasteiger partial charge in [-0.1, -0.05) is 13.0 Å². The molecule has 1 aliphatic carbocycles. The third kappa shape index (κ3) is 6.19. The highest BCUT2D eigenvalue weighted by molar-refractivity contribution is 6.31. The average molecular weight is 796 g/mol. The smallest absolute Gasteiger partial charge is 0.364 e. The second kappa shape index (κ2) is 14.0. The van der Waals surface area contributed by atoms with Crippen molar-refractivity contribution in [2.24, 2.45) is 5.92 Å². The van der Waals surface area contributed by atoms with Crippen LogP contribution in [0.25, 0.3) is 11.0 Å². The number of carbonyl (C=O) groups excluding carboxylic acids is 6. The highest BCUT2D eigenvalue weighted by Gasteiger charge is 2.51. The van der Waals surface area contributed by atoms with Crippen molar-refractivity contribution in [3.05, 3.63) is 104 Å². The van der Waals surface area contributed by atoms with Crippen LogP contribution in [0.15, 0.2) is 68.7 Å². The van der Waals surface area contributed by atoms with Crippen LogP contribution in [0.1, 0.15) is 78.4 Å². The summed E-state index contributed by atoms with van der Waals surface area (Å²) < 4.78 is 21.8. The summed E-state index contributed by atoms with van der Waals surface area (Å²) in [6, 6.07) is 7.34. The van der Waals surface area contributed by atoms with E-state index in [2.05, 4.69) is 15.6 Å². The molecule has 0 fully saturated rings. The zero-order valence-corrected chi connectivity index (χ0v) is 31.2. The number of Topliss-reactive ketones (excluding diaryl/α,β-unsaturated/α-hetero) is 4. The molecule has 7 rings (SSSR count). The molecule has 2 aliphatic heterocycles. The maximum absolute atomic E-state index is 14.1. The van der Waals surface area contributed by atoms with E-state index in [1.54, 1.807) is 0 Å². The largest absolute Gasteiger partial charge is 0.507 e. The van der Waals surface area contributed by atoms with Crippen LogP contribution < -0.4 is 21.0 Å². The summed E-state index contributed by atoms with van der Waals surface area (Å²) in [6.45, 7) is 4.88. The first kappa shape index (κ1) is 38.9. The van der Waals surface area contributed by atoms with Gasteiger partial charge in [0, 0.05) is 17.5 Å². The summed E-state index contributed by atoms with van der Waals surface area (Å²) in [6.07, 6.45) is -2.90. The Labute approximate surface area is 326 Å². The van der Waals surface area contributed by atoms with Gasteiger partial charge >= 0.3 is 11.6 Å². The highest BCUT2D eigenvalue weighted by Crippen LogP contribution is 2.40. The number of rotatable bonds is 5. The van der Waals surface area contributed by atoms with E-state index in [0.29, 0.717) is 5.75 Å². The first-order valence-electron chi connectivity index (χ1n) is 17.5. The number of phenols is 1. The molecule has 4 heterocycles. The average Bonchev–Trinajstić information content (AvgIpc) is 3.19. The lowest BCUT2D eigenvalue weighted by molar-refractivity contribution is -0.154. The van der Waals surface area contributed by atoms with Crippen LogP contribution >= 0.6 is 0 Å². The summed E-state index contributed by atoms with van der Waals surface area (Å²) in [4.78, 5) is 99.3. The number of nitrogens with zero attached hydrogens (tertiary/aromatic N) is 1. The number of carbonyl (C=O) groups is 6. The number of aromatic hydroxyl groups is 3. The Morgan fingerprint density at radius 1 is 0.966 bits per heavy atom. The monoisotopic (exact) mass is 795 g/mol. The van der Waals surface area contributed by atoms with Crippen LogP contribution in [0.3, 0.4) is 0 Å². The van der Waals surface area contributed by atoms with Gasteiger partial charge < -0.3 is 49.7 Å². The van der Waals surface area contributed by atoms with Gasteiger partial charge in [-0.25, -0.2) is 14.6 Å². The van der Waals surface area contributed by atoms with Gasteiger partial charge in [-0.3, -0.25) is 24.0 Å². The Morgan fingerprint density at radius 3 is 2.40 bits per heavy atom. The maximum Gasteiger partial charge on any atom is 0.364 e. The van der Waals surface area contributed by atoms with Crippen molar-refractivity contribution in [3.8, 4) is 23.0 Å². The first-order valence-corrected chi connectivity index (χ1v) is 17.5. The Morgan fingerprint density at radius 2 is 1.69 bits per heavy atom. The SMILES string of the molecule is COc1ccc2c(O)c(NC(=O)c3ccc(O)c(C(=O)O[C@H]4[C@H](O)C(=O)[C@]5(C)CNC6=C(O5)C(=O)c5c(cc(C)c(O)c5C(=O)C(C)=C[C@@H]4C)C6=O)n3)c(=O)oc2c1. The lowest BCUT2D eigenvalue weighted by atomic mass is 9.82. The fraction of sp³-hybridized carbons (Fsp3) is 0.250. The Kier molecular flexibility index (Phi) is 9.39. The lowest BCUT2D eigenvalue weighted by Crippen LogP contribution is -2.59. The van der Waals surface area contributed by atoms with E-state index in [-0.39, 0.29) is 33.4 Å². The molecule has 0 radical (unpaired) electrons. The van der Waals surface area contributed by atoms with Crippen LogP contribution in [-0.2, 0) is 14.3 Å². The number of anilines is 1. The first-order chi connectivity index (χ1) is 27.4. The number of pyridine rings is 1. The van der Waals surface area contributed by atoms with Gasteiger partial charge in [0.1, 0.15) is 40.3 Å². The summed E-state index contributed by atoms with van der Waals surface area (Å²) in [5.41, 5.74) is -6.86. The molecule has 4 aromatic rings. The zero-order valence-electron chi connectivity index (χ0n) is 31.2. The van der Waals surface area contributed by atoms with E-state index in [1.165, 1.54) is 65.1 Å². The number of aliphatic hydroxyl groups is 1. The second-order valence-electron chi connectivity index (χ2n) is 14.1. The lowest BCUT2D eigenvalue weighted by Gasteiger charge is -2.39. The zero-order chi connectivity index (χ0) is 42.1. The fourth-order valence-electron chi connectivity index (χ4n) is 6.99. The van der Waals surface area contributed by atoms with E-state index in [4.69, 9.17) is 18.6 Å². The number of allylic oxidation sites excluding steroid dienone is 3. The third-order valence-corrected chi connectivity index (χ3v) is 10.1. The van der Waals surface area contributed by atoms with E-state index in [1.807, 2.05) is 0 Å². The summed E-state index contributed by atoms with van der Waals surface area (Å²) >= 11 is 0. The number of aliphatic hydroxyl groups excluding tert-OH is 1. The number of fused-ring (bicyclic) bond motifs is 2. The summed E-state index contributed by atoms with van der Waals surface area (Å²) in [5, 5.41) is 49.1. The van der Waals surface area contributed by atoms with Gasteiger partial charge in [0.15, 0.2) is 40.4 Å². The maximum atomic E-state index is 14.1. The van der Waals surface area contributed by atoms with Crippen LogP contribution in [-0.4, -0.2) is 91.9 Å². The van der Waals surface area contributed by atoms with E-state index >= 15 is 0 Å². The van der Waals surface area contributed by atoms with E-state index < -0.39 is 122 Å². The second-order valence-corrected chi connectivity index (χ2v) is 14.1. The minimum absolute atomic E-state index is 0.0455. The number of aromatic nitrogens is 1. The van der Waals surface area contributed by atoms with Crippen molar-refractivity contribution >= 4 is 51.7 Å². The highest BCUT2D eigenvalue weighted by atomic mass is 16.6. The molecule has 3 bridgehead atoms. The van der Waals surface area contributed by atoms with Crippen molar-refractivity contribution in [3.63, 3.8) is 0 Å². The number of ether oxygens (including phenoxy) is 3. The van der Waals surface area contributed by atoms with Gasteiger partial charge in [-0.2, -0.15) is 0 Å². The summed E-state index contributed by atoms with van der Waals surface area (Å²) in [5.74, 6) is -9.91. The number of phenolic OH excluding ortho intramolecular Hbond substituents is 1. The standard InChI is InChI=1S/C40H33N3O15/c1-14-10-16(3)34(33(50)36(51)40(4)13-41-26-31(48)19-11-15(2)29(46)24(28(14)45)23(19)32(49)35(26)58-40)57-38(53)25-21(44)9-8-20(42-25)37(52)43-27-30(47)18-7-6-17(55-5)12-22(18)56-39(27)54/h6-12,16,33-34,41,44,46-47,50H,13H2,1-5H3,(H,43,52)/t16-,33-,34+,40-/m0/s1. The molecular formula is C40H33N3O15. The minimum Gasteiger partial charge on any atom is -0.507 e. The molecule has 6 N–H and O–H groups in total. The molecule has 4 atom stereocenters. The predicted octanol–water partition coefficient (Wildman–Crippen LogP) is 2.78. The van der Waals surface area contributed by atoms with Gasteiger partial charge in [0.05, 0.1) is 30.2 Å². The number of benzene rings is 2. The number of aryl methyl sites for hydroxylation is 1. The molecule has 18 heteroatoms. The molecule has 58 heavy (non-hydrogen) atoms. The third-order valence-electron chi connectivity index (χ3n) is 10.1. The minimum atomic E-state index is -2.25. The molecule has 18 nitrogen and oxygen atoms in total. The number of ketones is 4. The quantitative estimate of drug-likeness (QED) is 0.125. The fourth-order valence-corrected chi connectivity index (χ4v) is 6.99. The molecule has 1 amide bonds. The predicted molar refractivity (Wildman–Crippen MR) is 198 cm³/mol. The van der Waals surface area contributed by atoms with Gasteiger partial charge in [0.25, 0.3) is 5.91 Å². The number of esters is 1. The number of nitrogens with one attached hydrogen (secondary N) is 2. The van der Waals surface area contributed by atoms with Crippen LogP contribution in [0, 0.1) is 12.8 Å². The van der Waals surface area contributed by atoms with E-state index in [9.17, 15) is 54.0 Å². The summed E-state index contributed by atoms with van der Waals surface area (Å²) in [7, 11) is 1.38.